The summed E-state index contributed by atoms with van der Waals surface area (Å²) in [6.07, 6.45) is 1.33. The van der Waals surface area contributed by atoms with Gasteiger partial charge in [-0.1, -0.05) is 17.7 Å². The summed E-state index contributed by atoms with van der Waals surface area (Å²) in [5.74, 6) is -0.156. The molecule has 0 aliphatic carbocycles. The summed E-state index contributed by atoms with van der Waals surface area (Å²) in [5, 5.41) is 2.88. The Bertz CT molecular complexity index is 971. The first kappa shape index (κ1) is 21.3. The van der Waals surface area contributed by atoms with Crippen LogP contribution in [0.4, 0.5) is 5.69 Å². The Morgan fingerprint density at radius 3 is 2.62 bits per heavy atom. The van der Waals surface area contributed by atoms with E-state index in [1.54, 1.807) is 42.5 Å². The molecule has 0 bridgehead atoms. The van der Waals surface area contributed by atoms with Crippen LogP contribution in [0.1, 0.15) is 41.8 Å². The first-order chi connectivity index (χ1) is 13.8. The van der Waals surface area contributed by atoms with Crippen molar-refractivity contribution in [2.45, 2.75) is 44.6 Å². The van der Waals surface area contributed by atoms with Crippen LogP contribution >= 0.6 is 0 Å². The van der Waals surface area contributed by atoms with Gasteiger partial charge in [0.15, 0.2) is 0 Å². The fraction of sp³-hybridized carbons (Fsp3) is 0.409. The second-order valence-corrected chi connectivity index (χ2v) is 9.13. The number of carbonyl (C=O) groups is 1. The third-order valence-electron chi connectivity index (χ3n) is 5.03. The van der Waals surface area contributed by atoms with Crippen molar-refractivity contribution in [3.05, 3.63) is 59.2 Å². The van der Waals surface area contributed by atoms with E-state index in [1.165, 1.54) is 4.31 Å². The number of fused-ring (bicyclic) bond motifs is 1. The maximum atomic E-state index is 13.2. The molecule has 1 atom stereocenters. The average Bonchev–Trinajstić information content (AvgIpc) is 3.03. The summed E-state index contributed by atoms with van der Waals surface area (Å²) in [6.45, 7) is 7.57. The molecular formula is C22H28N2O4S. The fourth-order valence-electron chi connectivity index (χ4n) is 3.56. The first-order valence-electron chi connectivity index (χ1n) is 9.94. The molecule has 0 aromatic heterocycles. The maximum Gasteiger partial charge on any atom is 0.264 e. The predicted octanol–water partition coefficient (Wildman–Crippen LogP) is 3.29. The molecule has 2 aromatic carbocycles. The van der Waals surface area contributed by atoms with E-state index in [0.717, 1.165) is 17.5 Å². The predicted molar refractivity (Wildman–Crippen MR) is 114 cm³/mol. The van der Waals surface area contributed by atoms with Crippen LogP contribution in [-0.2, 0) is 21.2 Å². The molecule has 1 aliphatic rings. The maximum absolute atomic E-state index is 13.2. The summed E-state index contributed by atoms with van der Waals surface area (Å²) in [6, 6.07) is 11.9. The number of sulfonamides is 1. The van der Waals surface area contributed by atoms with Crippen molar-refractivity contribution >= 4 is 21.6 Å². The second kappa shape index (κ2) is 8.97. The number of amides is 1. The molecule has 0 radical (unpaired) electrons. The van der Waals surface area contributed by atoms with Crippen molar-refractivity contribution in [1.82, 2.24) is 5.32 Å². The Morgan fingerprint density at radius 2 is 1.93 bits per heavy atom. The lowest BCUT2D eigenvalue weighted by atomic mass is 10.1. The Balaban J connectivity index is 1.78. The number of carbonyl (C=O) groups excluding carboxylic acids is 1. The fourth-order valence-corrected chi connectivity index (χ4v) is 5.25. The minimum absolute atomic E-state index is 0.156. The minimum Gasteiger partial charge on any atom is -0.382 e. The number of aryl methyl sites for hydroxylation is 1. The number of rotatable bonds is 8. The number of nitrogens with zero attached hydrogens (tertiary/aromatic N) is 1. The van der Waals surface area contributed by atoms with Crippen LogP contribution < -0.4 is 9.62 Å². The lowest BCUT2D eigenvalue weighted by Crippen LogP contribution is -2.35. The Hall–Kier alpha value is -2.38. The highest BCUT2D eigenvalue weighted by molar-refractivity contribution is 7.92. The van der Waals surface area contributed by atoms with Gasteiger partial charge in [0.1, 0.15) is 0 Å². The number of hydrogen-bond donors (Lipinski definition) is 1. The molecule has 0 unspecified atom stereocenters. The van der Waals surface area contributed by atoms with Crippen LogP contribution in [0.5, 0.6) is 0 Å². The molecular weight excluding hydrogens is 388 g/mol. The van der Waals surface area contributed by atoms with Crippen LogP contribution in [0.25, 0.3) is 0 Å². The zero-order valence-corrected chi connectivity index (χ0v) is 18.0. The number of anilines is 1. The molecule has 2 aromatic rings. The van der Waals surface area contributed by atoms with E-state index in [4.69, 9.17) is 4.74 Å². The van der Waals surface area contributed by atoms with Crippen LogP contribution in [0.3, 0.4) is 0 Å². The monoisotopic (exact) mass is 416 g/mol. The SMILES string of the molecule is CCOCCCNC(=O)c1ccc2c(c1)C[C@@H](C)N2S(=O)(=O)c1ccc(C)cc1. The van der Waals surface area contributed by atoms with Crippen LogP contribution in [0.15, 0.2) is 47.4 Å². The second-order valence-electron chi connectivity index (χ2n) is 7.32. The topological polar surface area (TPSA) is 75.7 Å². The molecule has 1 amide bonds. The van der Waals surface area contributed by atoms with Gasteiger partial charge in [-0.15, -0.1) is 0 Å². The summed E-state index contributed by atoms with van der Waals surface area (Å²) >= 11 is 0. The minimum atomic E-state index is -3.66. The van der Waals surface area contributed by atoms with Crippen LogP contribution in [-0.4, -0.2) is 40.1 Å². The molecule has 29 heavy (non-hydrogen) atoms. The van der Waals surface area contributed by atoms with Gasteiger partial charge < -0.3 is 10.1 Å². The van der Waals surface area contributed by atoms with Crippen LogP contribution in [0.2, 0.25) is 0 Å². The molecule has 0 saturated carbocycles. The van der Waals surface area contributed by atoms with Gasteiger partial charge in [0.2, 0.25) is 0 Å². The lowest BCUT2D eigenvalue weighted by Gasteiger charge is -2.24. The normalized spacial score (nSPS) is 16.0. The lowest BCUT2D eigenvalue weighted by molar-refractivity contribution is 0.0944. The smallest absolute Gasteiger partial charge is 0.264 e. The molecule has 1 heterocycles. The quantitative estimate of drug-likeness (QED) is 0.670. The third-order valence-corrected chi connectivity index (χ3v) is 6.97. The highest BCUT2D eigenvalue weighted by Crippen LogP contribution is 2.37. The summed E-state index contributed by atoms with van der Waals surface area (Å²) in [7, 11) is -3.66. The van der Waals surface area contributed by atoms with E-state index >= 15 is 0 Å². The molecule has 156 valence electrons. The van der Waals surface area contributed by atoms with Gasteiger partial charge in [-0.25, -0.2) is 8.42 Å². The van der Waals surface area contributed by atoms with Gasteiger partial charge in [-0.05, 0) is 69.5 Å². The van der Waals surface area contributed by atoms with E-state index in [-0.39, 0.29) is 16.8 Å². The van der Waals surface area contributed by atoms with E-state index in [0.29, 0.717) is 37.4 Å². The third kappa shape index (κ3) is 4.62. The molecule has 0 spiro atoms. The highest BCUT2D eigenvalue weighted by Gasteiger charge is 2.36. The van der Waals surface area contributed by atoms with Crippen molar-refractivity contribution in [2.24, 2.45) is 0 Å². The molecule has 3 rings (SSSR count). The van der Waals surface area contributed by atoms with Gasteiger partial charge >= 0.3 is 0 Å². The summed E-state index contributed by atoms with van der Waals surface area (Å²) in [4.78, 5) is 12.7. The Morgan fingerprint density at radius 1 is 1.21 bits per heavy atom. The Kier molecular flexibility index (Phi) is 6.59. The number of benzene rings is 2. The number of nitrogens with one attached hydrogen (secondary N) is 1. The van der Waals surface area contributed by atoms with E-state index in [2.05, 4.69) is 5.32 Å². The van der Waals surface area contributed by atoms with Gasteiger partial charge in [0.05, 0.1) is 10.6 Å². The molecule has 6 nitrogen and oxygen atoms in total. The Labute approximate surface area is 172 Å². The van der Waals surface area contributed by atoms with Crippen molar-refractivity contribution in [1.29, 1.82) is 0 Å². The van der Waals surface area contributed by atoms with Gasteiger partial charge in [0.25, 0.3) is 15.9 Å². The summed E-state index contributed by atoms with van der Waals surface area (Å²) < 4.78 is 33.1. The molecule has 0 saturated heterocycles. The van der Waals surface area contributed by atoms with Crippen molar-refractivity contribution in [3.63, 3.8) is 0 Å². The van der Waals surface area contributed by atoms with Crippen molar-refractivity contribution in [2.75, 3.05) is 24.1 Å². The van der Waals surface area contributed by atoms with E-state index < -0.39 is 10.0 Å². The summed E-state index contributed by atoms with van der Waals surface area (Å²) in [5.41, 5.74) is 3.07. The van der Waals surface area contributed by atoms with Gasteiger partial charge in [-0.2, -0.15) is 0 Å². The first-order valence-corrected chi connectivity index (χ1v) is 11.4. The average molecular weight is 417 g/mol. The molecule has 1 aliphatic heterocycles. The highest BCUT2D eigenvalue weighted by atomic mass is 32.2. The van der Waals surface area contributed by atoms with Gasteiger partial charge in [0, 0.05) is 31.4 Å². The number of ether oxygens (including phenoxy) is 1. The van der Waals surface area contributed by atoms with Crippen molar-refractivity contribution < 1.29 is 17.9 Å². The van der Waals surface area contributed by atoms with Crippen LogP contribution in [0, 0.1) is 6.92 Å². The van der Waals surface area contributed by atoms with Crippen molar-refractivity contribution in [3.8, 4) is 0 Å². The van der Waals surface area contributed by atoms with Gasteiger partial charge in [-0.3, -0.25) is 9.10 Å². The molecule has 1 N–H and O–H groups in total. The molecule has 7 heteroatoms. The van der Waals surface area contributed by atoms with E-state index in [9.17, 15) is 13.2 Å². The zero-order valence-electron chi connectivity index (χ0n) is 17.1. The standard InChI is InChI=1S/C22H28N2O4S/c1-4-28-13-5-12-23-22(25)18-8-11-21-19(15-18)14-17(3)24(21)29(26,27)20-9-6-16(2)7-10-20/h6-11,15,17H,4-5,12-14H2,1-3H3,(H,23,25)/t17-/m1/s1. The largest absolute Gasteiger partial charge is 0.382 e. The molecule has 0 fully saturated rings. The van der Waals surface area contributed by atoms with E-state index in [1.807, 2.05) is 20.8 Å². The number of hydrogen-bond acceptors (Lipinski definition) is 4. The zero-order chi connectivity index (χ0) is 21.0.